The Morgan fingerprint density at radius 3 is 2.59 bits per heavy atom. The van der Waals surface area contributed by atoms with Gasteiger partial charge in [-0.3, -0.25) is 0 Å². The van der Waals surface area contributed by atoms with Crippen molar-refractivity contribution in [1.29, 1.82) is 0 Å². The molecule has 0 bridgehead atoms. The third-order valence-corrected chi connectivity index (χ3v) is 2.28. The van der Waals surface area contributed by atoms with E-state index in [4.69, 9.17) is 19.4 Å². The van der Waals surface area contributed by atoms with Crippen molar-refractivity contribution in [2.45, 2.75) is 6.92 Å². The number of hydrogen-bond acceptors (Lipinski definition) is 5. The Kier molecular flexibility index (Phi) is 5.29. The number of oxime groups is 1. The minimum absolute atomic E-state index is 0.458. The fourth-order valence-corrected chi connectivity index (χ4v) is 1.30. The molecule has 0 atom stereocenters. The first-order valence-electron chi connectivity index (χ1n) is 5.21. The lowest BCUT2D eigenvalue weighted by Crippen LogP contribution is -2.06. The molecule has 0 aromatic heterocycles. The van der Waals surface area contributed by atoms with Crippen LogP contribution in [-0.4, -0.2) is 38.4 Å². The topological polar surface area (TPSA) is 60.3 Å². The maximum atomic E-state index is 8.69. The molecule has 0 aliphatic rings. The standard InChI is InChI=1S/C12H17NO4/c1-9(13-14)10-4-5-11(12(8-10)16-3)17-7-6-15-2/h4-5,8,14H,6-7H2,1-3H3/b13-9-. The monoisotopic (exact) mass is 239 g/mol. The van der Waals surface area contributed by atoms with Gasteiger partial charge in [0.25, 0.3) is 0 Å². The summed E-state index contributed by atoms with van der Waals surface area (Å²) in [5.74, 6) is 1.24. The van der Waals surface area contributed by atoms with Crippen LogP contribution in [0.2, 0.25) is 0 Å². The molecular weight excluding hydrogens is 222 g/mol. The molecule has 0 aliphatic carbocycles. The molecule has 0 amide bonds. The lowest BCUT2D eigenvalue weighted by molar-refractivity contribution is 0.144. The molecule has 0 fully saturated rings. The maximum absolute atomic E-state index is 8.69. The van der Waals surface area contributed by atoms with Gasteiger partial charge >= 0.3 is 0 Å². The molecule has 0 unspecified atom stereocenters. The second-order valence-electron chi connectivity index (χ2n) is 3.39. The summed E-state index contributed by atoms with van der Waals surface area (Å²) >= 11 is 0. The van der Waals surface area contributed by atoms with Crippen LogP contribution in [0.4, 0.5) is 0 Å². The Labute approximate surface area is 101 Å². The van der Waals surface area contributed by atoms with Gasteiger partial charge in [0.1, 0.15) is 6.61 Å². The van der Waals surface area contributed by atoms with Crippen molar-refractivity contribution in [1.82, 2.24) is 0 Å². The fraction of sp³-hybridized carbons (Fsp3) is 0.417. The van der Waals surface area contributed by atoms with Crippen molar-refractivity contribution in [3.8, 4) is 11.5 Å². The van der Waals surface area contributed by atoms with E-state index in [9.17, 15) is 0 Å². The summed E-state index contributed by atoms with van der Waals surface area (Å²) in [5.41, 5.74) is 1.30. The molecule has 1 aromatic carbocycles. The Hall–Kier alpha value is -1.75. The molecule has 5 nitrogen and oxygen atoms in total. The Morgan fingerprint density at radius 1 is 1.24 bits per heavy atom. The van der Waals surface area contributed by atoms with Crippen LogP contribution in [0, 0.1) is 0 Å². The van der Waals surface area contributed by atoms with Crippen molar-refractivity contribution in [3.05, 3.63) is 23.8 Å². The summed E-state index contributed by atoms with van der Waals surface area (Å²) in [4.78, 5) is 0. The molecular formula is C12H17NO4. The Balaban J connectivity index is 2.85. The van der Waals surface area contributed by atoms with E-state index in [2.05, 4.69) is 5.16 Å². The van der Waals surface area contributed by atoms with E-state index in [-0.39, 0.29) is 0 Å². The average Bonchev–Trinajstić information content (AvgIpc) is 2.38. The fourth-order valence-electron chi connectivity index (χ4n) is 1.30. The van der Waals surface area contributed by atoms with Gasteiger partial charge in [0.2, 0.25) is 0 Å². The predicted octanol–water partition coefficient (Wildman–Crippen LogP) is 1.92. The summed E-state index contributed by atoms with van der Waals surface area (Å²) < 4.78 is 15.6. The average molecular weight is 239 g/mol. The molecule has 1 rings (SSSR count). The largest absolute Gasteiger partial charge is 0.493 e. The minimum atomic E-state index is 0.458. The van der Waals surface area contributed by atoms with E-state index in [1.807, 2.05) is 0 Å². The van der Waals surface area contributed by atoms with E-state index >= 15 is 0 Å². The van der Waals surface area contributed by atoms with Crippen molar-refractivity contribution < 1.29 is 19.4 Å². The number of methoxy groups -OCH3 is 2. The van der Waals surface area contributed by atoms with Gasteiger partial charge in [0.15, 0.2) is 11.5 Å². The van der Waals surface area contributed by atoms with Crippen molar-refractivity contribution >= 4 is 5.71 Å². The van der Waals surface area contributed by atoms with Crippen LogP contribution in [0.25, 0.3) is 0 Å². The van der Waals surface area contributed by atoms with Gasteiger partial charge in [0, 0.05) is 12.7 Å². The van der Waals surface area contributed by atoms with Gasteiger partial charge in [-0.2, -0.15) is 0 Å². The van der Waals surface area contributed by atoms with Crippen LogP contribution in [0.3, 0.4) is 0 Å². The molecule has 0 aliphatic heterocycles. The zero-order valence-corrected chi connectivity index (χ0v) is 10.3. The summed E-state index contributed by atoms with van der Waals surface area (Å²) in [6.07, 6.45) is 0. The molecule has 1 N–H and O–H groups in total. The second kappa shape index (κ2) is 6.75. The first kappa shape index (κ1) is 13.3. The summed E-state index contributed by atoms with van der Waals surface area (Å²) in [6, 6.07) is 5.34. The third kappa shape index (κ3) is 3.64. The van der Waals surface area contributed by atoms with Crippen LogP contribution in [0.1, 0.15) is 12.5 Å². The molecule has 0 saturated carbocycles. The van der Waals surface area contributed by atoms with Gasteiger partial charge in [-0.05, 0) is 25.1 Å². The van der Waals surface area contributed by atoms with Crippen LogP contribution >= 0.6 is 0 Å². The van der Waals surface area contributed by atoms with E-state index in [1.54, 1.807) is 39.3 Å². The van der Waals surface area contributed by atoms with Gasteiger partial charge in [0.05, 0.1) is 19.4 Å². The molecule has 1 aromatic rings. The number of benzene rings is 1. The van der Waals surface area contributed by atoms with Crippen molar-refractivity contribution in [2.24, 2.45) is 5.16 Å². The number of ether oxygens (including phenoxy) is 3. The first-order valence-corrected chi connectivity index (χ1v) is 5.21. The Bertz CT molecular complexity index is 390. The highest BCUT2D eigenvalue weighted by Gasteiger charge is 2.07. The summed E-state index contributed by atoms with van der Waals surface area (Å²) in [7, 11) is 3.18. The molecule has 94 valence electrons. The van der Waals surface area contributed by atoms with Gasteiger partial charge in [-0.25, -0.2) is 0 Å². The number of rotatable bonds is 6. The smallest absolute Gasteiger partial charge is 0.161 e. The highest BCUT2D eigenvalue weighted by Crippen LogP contribution is 2.28. The van der Waals surface area contributed by atoms with E-state index in [0.29, 0.717) is 30.4 Å². The molecule has 0 radical (unpaired) electrons. The van der Waals surface area contributed by atoms with Gasteiger partial charge < -0.3 is 19.4 Å². The molecule has 17 heavy (non-hydrogen) atoms. The lowest BCUT2D eigenvalue weighted by atomic mass is 10.1. The number of hydrogen-bond donors (Lipinski definition) is 1. The van der Waals surface area contributed by atoms with Crippen LogP contribution in [-0.2, 0) is 4.74 Å². The van der Waals surface area contributed by atoms with Crippen molar-refractivity contribution in [2.75, 3.05) is 27.4 Å². The minimum Gasteiger partial charge on any atom is -0.493 e. The highest BCUT2D eigenvalue weighted by atomic mass is 16.5. The van der Waals surface area contributed by atoms with E-state index in [0.717, 1.165) is 5.56 Å². The molecule has 0 spiro atoms. The Morgan fingerprint density at radius 2 is 2.00 bits per heavy atom. The lowest BCUT2D eigenvalue weighted by Gasteiger charge is -2.11. The van der Waals surface area contributed by atoms with Crippen LogP contribution in [0.15, 0.2) is 23.4 Å². The second-order valence-corrected chi connectivity index (χ2v) is 3.39. The molecule has 0 saturated heterocycles. The summed E-state index contributed by atoms with van der Waals surface area (Å²) in [6.45, 7) is 2.68. The third-order valence-electron chi connectivity index (χ3n) is 2.28. The van der Waals surface area contributed by atoms with Gasteiger partial charge in [-0.1, -0.05) is 5.16 Å². The number of nitrogens with zero attached hydrogens (tertiary/aromatic N) is 1. The van der Waals surface area contributed by atoms with Crippen molar-refractivity contribution in [3.63, 3.8) is 0 Å². The first-order chi connectivity index (χ1) is 8.22. The van der Waals surface area contributed by atoms with E-state index < -0.39 is 0 Å². The molecule has 0 heterocycles. The van der Waals surface area contributed by atoms with Crippen LogP contribution < -0.4 is 9.47 Å². The summed E-state index contributed by atoms with van der Waals surface area (Å²) in [5, 5.41) is 11.8. The normalized spacial score (nSPS) is 11.4. The maximum Gasteiger partial charge on any atom is 0.161 e. The van der Waals surface area contributed by atoms with E-state index in [1.165, 1.54) is 0 Å². The zero-order valence-electron chi connectivity index (χ0n) is 10.3. The SMILES string of the molecule is COCCOc1ccc(/C(C)=N\O)cc1OC. The van der Waals surface area contributed by atoms with Gasteiger partial charge in [-0.15, -0.1) is 0 Å². The zero-order chi connectivity index (χ0) is 12.7. The molecule has 5 heteroatoms. The predicted molar refractivity (Wildman–Crippen MR) is 64.4 cm³/mol. The quantitative estimate of drug-likeness (QED) is 0.356. The highest BCUT2D eigenvalue weighted by molar-refractivity contribution is 5.98. The van der Waals surface area contributed by atoms with Crippen LogP contribution in [0.5, 0.6) is 11.5 Å².